The number of nitrogens with zero attached hydrogens (tertiary/aromatic N) is 3. The molecule has 2 aromatic heterocycles. The van der Waals surface area contributed by atoms with Gasteiger partial charge in [-0.25, -0.2) is 8.78 Å². The number of halogens is 2. The van der Waals surface area contributed by atoms with Crippen LogP contribution >= 0.6 is 0 Å². The Morgan fingerprint density at radius 2 is 2.05 bits per heavy atom. The summed E-state index contributed by atoms with van der Waals surface area (Å²) < 4.78 is 28.4. The average molecular weight is 288 g/mol. The maximum atomic E-state index is 13.6. The Hall–Kier alpha value is -2.83. The van der Waals surface area contributed by atoms with Crippen molar-refractivity contribution in [3.63, 3.8) is 0 Å². The van der Waals surface area contributed by atoms with Crippen molar-refractivity contribution in [2.75, 3.05) is 5.32 Å². The molecule has 0 fully saturated rings. The third-order valence-corrected chi connectivity index (χ3v) is 3.03. The Labute approximate surface area is 118 Å². The predicted molar refractivity (Wildman–Crippen MR) is 72.0 cm³/mol. The molecule has 0 atom stereocenters. The van der Waals surface area contributed by atoms with Gasteiger partial charge in [0, 0.05) is 6.20 Å². The maximum Gasteiger partial charge on any atom is 0.258 e. The normalized spacial score (nSPS) is 10.8. The number of carbonyl (C=O) groups excluding carboxylic acids is 1. The van der Waals surface area contributed by atoms with Crippen LogP contribution in [0, 0.1) is 18.6 Å². The molecule has 7 heteroatoms. The van der Waals surface area contributed by atoms with E-state index in [9.17, 15) is 13.6 Å². The molecule has 2 heterocycles. The van der Waals surface area contributed by atoms with Gasteiger partial charge in [-0.05, 0) is 37.3 Å². The van der Waals surface area contributed by atoms with Crippen LogP contribution in [0.3, 0.4) is 0 Å². The average Bonchev–Trinajstić information content (AvgIpc) is 2.84. The molecule has 0 aliphatic rings. The highest BCUT2D eigenvalue weighted by atomic mass is 19.1. The lowest BCUT2D eigenvalue weighted by Crippen LogP contribution is -2.15. The second-order valence-electron chi connectivity index (χ2n) is 4.44. The summed E-state index contributed by atoms with van der Waals surface area (Å²) in [6.45, 7) is 1.76. The minimum Gasteiger partial charge on any atom is -0.319 e. The topological polar surface area (TPSA) is 59.3 Å². The molecule has 3 rings (SSSR count). The van der Waals surface area contributed by atoms with Crippen molar-refractivity contribution in [2.45, 2.75) is 6.92 Å². The van der Waals surface area contributed by atoms with Gasteiger partial charge in [0.25, 0.3) is 5.91 Å². The first-order valence-corrected chi connectivity index (χ1v) is 6.13. The second-order valence-corrected chi connectivity index (χ2v) is 4.44. The maximum absolute atomic E-state index is 13.6. The molecular weight excluding hydrogens is 278 g/mol. The molecule has 0 bridgehead atoms. The lowest BCUT2D eigenvalue weighted by atomic mass is 10.2. The number of pyridine rings is 1. The molecule has 0 saturated carbocycles. The summed E-state index contributed by atoms with van der Waals surface area (Å²) in [5, 5.41) is 10.3. The Balaban J connectivity index is 1.98. The summed E-state index contributed by atoms with van der Waals surface area (Å²) in [4.78, 5) is 12.1. The molecule has 0 radical (unpaired) electrons. The van der Waals surface area contributed by atoms with E-state index in [1.807, 2.05) is 0 Å². The molecule has 0 unspecified atom stereocenters. The van der Waals surface area contributed by atoms with Gasteiger partial charge in [-0.3, -0.25) is 9.20 Å². The van der Waals surface area contributed by atoms with E-state index in [4.69, 9.17) is 0 Å². The molecular formula is C14H10F2N4O. The van der Waals surface area contributed by atoms with Crippen LogP contribution in [-0.4, -0.2) is 20.5 Å². The van der Waals surface area contributed by atoms with E-state index < -0.39 is 17.5 Å². The second kappa shape index (κ2) is 4.93. The SMILES string of the molecule is Cc1nnc2c(NC(=O)c3cc(F)ccc3F)cccn12. The first-order chi connectivity index (χ1) is 10.1. The minimum absolute atomic E-state index is 0.367. The number of nitrogens with one attached hydrogen (secondary N) is 1. The molecule has 0 saturated heterocycles. The highest BCUT2D eigenvalue weighted by molar-refractivity contribution is 6.06. The van der Waals surface area contributed by atoms with E-state index in [0.29, 0.717) is 17.2 Å². The van der Waals surface area contributed by atoms with Gasteiger partial charge in [0.2, 0.25) is 0 Å². The van der Waals surface area contributed by atoms with Crippen LogP contribution in [0.1, 0.15) is 16.2 Å². The first-order valence-electron chi connectivity index (χ1n) is 6.13. The summed E-state index contributed by atoms with van der Waals surface area (Å²) in [6.07, 6.45) is 1.74. The molecule has 0 aliphatic carbocycles. The zero-order valence-corrected chi connectivity index (χ0v) is 11.0. The van der Waals surface area contributed by atoms with Crippen molar-refractivity contribution in [1.29, 1.82) is 0 Å². The zero-order valence-electron chi connectivity index (χ0n) is 11.0. The lowest BCUT2D eigenvalue weighted by Gasteiger charge is -2.07. The van der Waals surface area contributed by atoms with Gasteiger partial charge in [-0.15, -0.1) is 10.2 Å². The minimum atomic E-state index is -0.793. The lowest BCUT2D eigenvalue weighted by molar-refractivity contribution is 0.102. The van der Waals surface area contributed by atoms with Crippen LogP contribution in [0.5, 0.6) is 0 Å². The number of benzene rings is 1. The fourth-order valence-corrected chi connectivity index (χ4v) is 1.99. The molecule has 3 aromatic rings. The van der Waals surface area contributed by atoms with Gasteiger partial charge in [-0.2, -0.15) is 0 Å². The molecule has 1 amide bonds. The first kappa shape index (κ1) is 13.2. The smallest absolute Gasteiger partial charge is 0.258 e. The summed E-state index contributed by atoms with van der Waals surface area (Å²) >= 11 is 0. The number of aromatic nitrogens is 3. The van der Waals surface area contributed by atoms with E-state index in [1.54, 1.807) is 29.7 Å². The third-order valence-electron chi connectivity index (χ3n) is 3.03. The molecule has 1 N–H and O–H groups in total. The van der Waals surface area contributed by atoms with Crippen molar-refractivity contribution in [2.24, 2.45) is 0 Å². The summed E-state index contributed by atoms with van der Waals surface area (Å²) in [6, 6.07) is 6.01. The van der Waals surface area contributed by atoms with Gasteiger partial charge >= 0.3 is 0 Å². The number of amides is 1. The molecule has 1 aromatic carbocycles. The fraction of sp³-hybridized carbons (Fsp3) is 0.0714. The van der Waals surface area contributed by atoms with Crippen LogP contribution < -0.4 is 5.32 Å². The Morgan fingerprint density at radius 1 is 1.24 bits per heavy atom. The molecule has 106 valence electrons. The van der Waals surface area contributed by atoms with Crippen molar-refractivity contribution in [3.05, 3.63) is 59.6 Å². The van der Waals surface area contributed by atoms with E-state index in [0.717, 1.165) is 18.2 Å². The van der Waals surface area contributed by atoms with Crippen LogP contribution in [0.2, 0.25) is 0 Å². The number of hydrogen-bond acceptors (Lipinski definition) is 3. The number of fused-ring (bicyclic) bond motifs is 1. The number of rotatable bonds is 2. The van der Waals surface area contributed by atoms with Gasteiger partial charge < -0.3 is 5.32 Å². The summed E-state index contributed by atoms with van der Waals surface area (Å²) in [5.41, 5.74) is 0.431. The van der Waals surface area contributed by atoms with E-state index >= 15 is 0 Å². The van der Waals surface area contributed by atoms with Crippen LogP contribution in [0.4, 0.5) is 14.5 Å². The van der Waals surface area contributed by atoms with Gasteiger partial charge in [0.05, 0.1) is 11.3 Å². The number of hydrogen-bond donors (Lipinski definition) is 1. The fourth-order valence-electron chi connectivity index (χ4n) is 1.99. The summed E-state index contributed by atoms with van der Waals surface area (Å²) in [5.74, 6) is -1.57. The Bertz CT molecular complexity index is 844. The van der Waals surface area contributed by atoms with Crippen molar-refractivity contribution < 1.29 is 13.6 Å². The Morgan fingerprint density at radius 3 is 2.86 bits per heavy atom. The van der Waals surface area contributed by atoms with Crippen LogP contribution in [0.25, 0.3) is 5.65 Å². The van der Waals surface area contributed by atoms with Gasteiger partial charge in [-0.1, -0.05) is 0 Å². The molecule has 5 nitrogen and oxygen atoms in total. The van der Waals surface area contributed by atoms with E-state index in [2.05, 4.69) is 15.5 Å². The molecule has 0 aliphatic heterocycles. The summed E-state index contributed by atoms with van der Waals surface area (Å²) in [7, 11) is 0. The van der Waals surface area contributed by atoms with Gasteiger partial charge in [0.1, 0.15) is 17.5 Å². The van der Waals surface area contributed by atoms with E-state index in [1.165, 1.54) is 0 Å². The largest absolute Gasteiger partial charge is 0.319 e. The molecule has 21 heavy (non-hydrogen) atoms. The van der Waals surface area contributed by atoms with Crippen molar-refractivity contribution >= 4 is 17.2 Å². The van der Waals surface area contributed by atoms with Crippen LogP contribution in [-0.2, 0) is 0 Å². The van der Waals surface area contributed by atoms with Crippen LogP contribution in [0.15, 0.2) is 36.5 Å². The predicted octanol–water partition coefficient (Wildman–Crippen LogP) is 2.57. The number of aryl methyl sites for hydroxylation is 1. The third kappa shape index (κ3) is 2.33. The van der Waals surface area contributed by atoms with Gasteiger partial charge in [0.15, 0.2) is 5.65 Å². The number of carbonyl (C=O) groups is 1. The quantitative estimate of drug-likeness (QED) is 0.788. The monoisotopic (exact) mass is 288 g/mol. The molecule has 0 spiro atoms. The van der Waals surface area contributed by atoms with Crippen molar-refractivity contribution in [1.82, 2.24) is 14.6 Å². The number of anilines is 1. The highest BCUT2D eigenvalue weighted by Crippen LogP contribution is 2.18. The Kier molecular flexibility index (Phi) is 3.09. The highest BCUT2D eigenvalue weighted by Gasteiger charge is 2.15. The standard InChI is InChI=1S/C14H10F2N4O/c1-8-18-19-13-12(3-2-6-20(8)13)17-14(21)10-7-9(15)4-5-11(10)16/h2-7H,1H3,(H,17,21). The van der Waals surface area contributed by atoms with Crippen molar-refractivity contribution in [3.8, 4) is 0 Å². The van der Waals surface area contributed by atoms with E-state index in [-0.39, 0.29) is 5.56 Å². The zero-order chi connectivity index (χ0) is 15.0.